The molecule has 0 aliphatic carbocycles. The van der Waals surface area contributed by atoms with Crippen molar-refractivity contribution >= 4 is 34.0 Å². The molecule has 1 atom stereocenters. The van der Waals surface area contributed by atoms with E-state index >= 15 is 0 Å². The van der Waals surface area contributed by atoms with Crippen LogP contribution < -0.4 is 5.56 Å². The number of para-hydroxylation sites is 2. The zero-order chi connectivity index (χ0) is 26.7. The van der Waals surface area contributed by atoms with Crippen LogP contribution >= 0.6 is 0 Å². The topological polar surface area (TPSA) is 107 Å². The number of nitrogens with zero attached hydrogens (tertiary/aromatic N) is 4. The quantitative estimate of drug-likeness (QED) is 0.277. The molecule has 2 aliphatic rings. The number of hydrogen-bond acceptors (Lipinski definition) is 7. The molecule has 0 spiro atoms. The third-order valence-corrected chi connectivity index (χ3v) is 7.71. The Labute approximate surface area is 223 Å². The third-order valence-electron chi connectivity index (χ3n) is 7.71. The van der Waals surface area contributed by atoms with Crippen LogP contribution in [0.3, 0.4) is 0 Å². The number of rotatable bonds is 4. The van der Waals surface area contributed by atoms with Crippen molar-refractivity contribution in [3.63, 3.8) is 0 Å². The van der Waals surface area contributed by atoms with Crippen LogP contribution in [0.2, 0.25) is 0 Å². The first-order chi connectivity index (χ1) is 19.0. The molecule has 39 heavy (non-hydrogen) atoms. The summed E-state index contributed by atoms with van der Waals surface area (Å²) in [5.74, 6) is -0.731. The van der Waals surface area contributed by atoms with Crippen LogP contribution in [-0.2, 0) is 34.8 Å². The van der Waals surface area contributed by atoms with Crippen LogP contribution in [0.5, 0.6) is 0 Å². The summed E-state index contributed by atoms with van der Waals surface area (Å²) in [5, 5.41) is 13.1. The number of aliphatic hydroxyl groups is 1. The van der Waals surface area contributed by atoms with Crippen LogP contribution in [-0.4, -0.2) is 31.8 Å². The van der Waals surface area contributed by atoms with Crippen molar-refractivity contribution in [1.29, 1.82) is 0 Å². The molecule has 0 bridgehead atoms. The Morgan fingerprint density at radius 2 is 1.90 bits per heavy atom. The number of carbonyl (C=O) groups is 1. The van der Waals surface area contributed by atoms with Crippen LogP contribution in [0.4, 0.5) is 0 Å². The largest absolute Gasteiger partial charge is 0.458 e. The highest BCUT2D eigenvalue weighted by Crippen LogP contribution is 2.38. The van der Waals surface area contributed by atoms with E-state index in [1.165, 1.54) is 0 Å². The van der Waals surface area contributed by atoms with Crippen LogP contribution in [0.1, 0.15) is 41.3 Å². The molecule has 8 heteroatoms. The molecule has 1 N–H and O–H groups in total. The highest BCUT2D eigenvalue weighted by atomic mass is 16.6. The number of pyridine rings is 3. The van der Waals surface area contributed by atoms with Crippen molar-refractivity contribution in [2.45, 2.75) is 38.6 Å². The minimum atomic E-state index is -1.85. The van der Waals surface area contributed by atoms with E-state index in [4.69, 9.17) is 14.7 Å². The summed E-state index contributed by atoms with van der Waals surface area (Å²) in [5.41, 5.74) is 4.08. The molecular formula is C31H24N4O4. The first-order valence-electron chi connectivity index (χ1n) is 12.9. The van der Waals surface area contributed by atoms with E-state index < -0.39 is 11.6 Å². The Hall–Kier alpha value is -4.69. The van der Waals surface area contributed by atoms with Gasteiger partial charge in [0.2, 0.25) is 0 Å². The number of carbonyl (C=O) groups excluding carboxylic acids is 1. The number of ether oxygens (including phenoxy) is 1. The first-order valence-corrected chi connectivity index (χ1v) is 12.9. The molecule has 0 fully saturated rings. The Kier molecular flexibility index (Phi) is 5.21. The van der Waals surface area contributed by atoms with E-state index in [-0.39, 0.29) is 18.6 Å². The smallest absolute Gasteiger partial charge is 0.343 e. The van der Waals surface area contributed by atoms with Gasteiger partial charge >= 0.3 is 5.97 Å². The maximum Gasteiger partial charge on any atom is 0.343 e. The van der Waals surface area contributed by atoms with E-state index in [2.05, 4.69) is 4.99 Å². The highest BCUT2D eigenvalue weighted by molar-refractivity contribution is 5.99. The lowest BCUT2D eigenvalue weighted by molar-refractivity contribution is -0.172. The molecule has 5 heterocycles. The number of benzene rings is 2. The van der Waals surface area contributed by atoms with E-state index in [9.17, 15) is 14.7 Å². The number of esters is 1. The summed E-state index contributed by atoms with van der Waals surface area (Å²) < 4.78 is 6.80. The van der Waals surface area contributed by atoms with Gasteiger partial charge in [0.1, 0.15) is 6.61 Å². The molecule has 192 valence electrons. The van der Waals surface area contributed by atoms with E-state index in [0.29, 0.717) is 35.6 Å². The summed E-state index contributed by atoms with van der Waals surface area (Å²) in [4.78, 5) is 40.2. The van der Waals surface area contributed by atoms with Crippen molar-refractivity contribution < 1.29 is 14.6 Å². The van der Waals surface area contributed by atoms with Crippen LogP contribution in [0.25, 0.3) is 33.2 Å². The summed E-state index contributed by atoms with van der Waals surface area (Å²) in [7, 11) is 0. The molecule has 0 radical (unpaired) electrons. The Morgan fingerprint density at radius 3 is 2.77 bits per heavy atom. The lowest BCUT2D eigenvalue weighted by Crippen LogP contribution is -2.44. The normalized spacial score (nSPS) is 17.8. The summed E-state index contributed by atoms with van der Waals surface area (Å²) in [6.45, 7) is 2.35. The van der Waals surface area contributed by atoms with Crippen LogP contribution in [0.15, 0.2) is 76.5 Å². The van der Waals surface area contributed by atoms with Crippen LogP contribution in [0, 0.1) is 0 Å². The SMILES string of the molecule is CC[C@@]1(O)C(=O)OCc2c1cc1n(c2=O)Cc2cc3cccc(C=NCc4ccc5ccccc5n4)c3nc2-1. The van der Waals surface area contributed by atoms with Gasteiger partial charge in [-0.1, -0.05) is 49.4 Å². The van der Waals surface area contributed by atoms with Gasteiger partial charge < -0.3 is 14.4 Å². The van der Waals surface area contributed by atoms with Gasteiger partial charge in [-0.05, 0) is 30.7 Å². The van der Waals surface area contributed by atoms with Gasteiger partial charge in [-0.3, -0.25) is 14.8 Å². The molecule has 8 nitrogen and oxygen atoms in total. The monoisotopic (exact) mass is 516 g/mol. The number of hydrogen-bond donors (Lipinski definition) is 1. The molecular weight excluding hydrogens is 492 g/mol. The predicted octanol–water partition coefficient (Wildman–Crippen LogP) is 4.25. The van der Waals surface area contributed by atoms with E-state index in [0.717, 1.165) is 38.6 Å². The lowest BCUT2D eigenvalue weighted by atomic mass is 9.86. The standard InChI is InChI=1S/C31H24N4O4/c1-2-31(38)24-13-26-28-21(16-35(26)29(36)23(24)17-39-30(31)37)12-19-7-5-8-20(27(19)34-28)14-32-15-22-11-10-18-6-3-4-9-25(18)33-22/h3-14,38H,2,15-17H2,1H3/t31-/m0/s1. The fraction of sp³-hybridized carbons (Fsp3) is 0.194. The molecule has 0 unspecified atom stereocenters. The first kappa shape index (κ1) is 23.4. The molecule has 2 aromatic carbocycles. The number of aliphatic imine (C=N–C) groups is 1. The number of aromatic nitrogens is 3. The van der Waals surface area contributed by atoms with Gasteiger partial charge in [-0.15, -0.1) is 0 Å². The third kappa shape index (κ3) is 3.59. The zero-order valence-corrected chi connectivity index (χ0v) is 21.2. The summed E-state index contributed by atoms with van der Waals surface area (Å²) >= 11 is 0. The van der Waals surface area contributed by atoms with Gasteiger partial charge in [-0.2, -0.15) is 0 Å². The van der Waals surface area contributed by atoms with E-state index in [1.807, 2.05) is 60.7 Å². The average Bonchev–Trinajstić information content (AvgIpc) is 3.32. The maximum atomic E-state index is 13.4. The zero-order valence-electron chi connectivity index (χ0n) is 21.2. The van der Waals surface area contributed by atoms with Gasteiger partial charge in [0, 0.05) is 33.7 Å². The fourth-order valence-electron chi connectivity index (χ4n) is 5.57. The number of cyclic esters (lactones) is 1. The average molecular weight is 517 g/mol. The second-order valence-electron chi connectivity index (χ2n) is 9.98. The fourth-order valence-corrected chi connectivity index (χ4v) is 5.57. The maximum absolute atomic E-state index is 13.4. The summed E-state index contributed by atoms with van der Waals surface area (Å²) in [6, 6.07) is 21.7. The molecule has 5 aromatic rings. The lowest BCUT2D eigenvalue weighted by Gasteiger charge is -2.31. The molecule has 0 saturated heterocycles. The van der Waals surface area contributed by atoms with Crippen molar-refractivity contribution in [2.75, 3.05) is 0 Å². The molecule has 3 aromatic heterocycles. The van der Waals surface area contributed by atoms with Crippen molar-refractivity contribution in [3.05, 3.63) is 105 Å². The Bertz CT molecular complexity index is 1930. The predicted molar refractivity (Wildman–Crippen MR) is 148 cm³/mol. The highest BCUT2D eigenvalue weighted by Gasteiger charge is 2.45. The molecule has 0 amide bonds. The van der Waals surface area contributed by atoms with Gasteiger partial charge in [0.25, 0.3) is 5.56 Å². The van der Waals surface area contributed by atoms with Crippen molar-refractivity contribution in [3.8, 4) is 11.4 Å². The van der Waals surface area contributed by atoms with Gasteiger partial charge in [0.05, 0.1) is 46.8 Å². The second-order valence-corrected chi connectivity index (χ2v) is 9.98. The van der Waals surface area contributed by atoms with E-state index in [1.54, 1.807) is 23.8 Å². The van der Waals surface area contributed by atoms with Gasteiger partial charge in [-0.25, -0.2) is 9.78 Å². The Balaban J connectivity index is 1.29. The van der Waals surface area contributed by atoms with Crippen molar-refractivity contribution in [2.24, 2.45) is 4.99 Å². The molecule has 0 saturated carbocycles. The molecule has 7 rings (SSSR count). The summed E-state index contributed by atoms with van der Waals surface area (Å²) in [6.07, 6.45) is 1.91. The Morgan fingerprint density at radius 1 is 1.05 bits per heavy atom. The minimum absolute atomic E-state index is 0.104. The minimum Gasteiger partial charge on any atom is -0.458 e. The van der Waals surface area contributed by atoms with Gasteiger partial charge in [0.15, 0.2) is 5.60 Å². The molecule has 2 aliphatic heterocycles. The second kappa shape index (κ2) is 8.68. The number of fused-ring (bicyclic) bond motifs is 6. The van der Waals surface area contributed by atoms with Crippen molar-refractivity contribution in [1.82, 2.24) is 14.5 Å².